The van der Waals surface area contributed by atoms with Crippen LogP contribution in [0.1, 0.15) is 38.3 Å². The molecule has 0 aliphatic carbocycles. The van der Waals surface area contributed by atoms with E-state index < -0.39 is 5.97 Å². The lowest BCUT2D eigenvalue weighted by Crippen LogP contribution is -2.10. The van der Waals surface area contributed by atoms with E-state index in [-0.39, 0.29) is 11.8 Å². The number of aliphatic imine (C=N–C) groups is 1. The molecular formula is C22H21BrINO4. The Morgan fingerprint density at radius 2 is 2.00 bits per heavy atom. The van der Waals surface area contributed by atoms with Gasteiger partial charge in [-0.25, -0.2) is 9.79 Å². The maximum atomic E-state index is 12.3. The number of benzene rings is 2. The number of carbonyl (C=O) groups is 1. The van der Waals surface area contributed by atoms with Gasteiger partial charge in [0.1, 0.15) is 0 Å². The Kier molecular flexibility index (Phi) is 7.34. The van der Waals surface area contributed by atoms with E-state index >= 15 is 0 Å². The summed E-state index contributed by atoms with van der Waals surface area (Å²) < 4.78 is 19.0. The highest BCUT2D eigenvalue weighted by atomic mass is 127. The topological polar surface area (TPSA) is 57.1 Å². The van der Waals surface area contributed by atoms with Crippen molar-refractivity contribution in [3.05, 3.63) is 61.3 Å². The summed E-state index contributed by atoms with van der Waals surface area (Å²) in [6.07, 6.45) is 2.67. The highest BCUT2D eigenvalue weighted by Crippen LogP contribution is 2.31. The molecule has 152 valence electrons. The van der Waals surface area contributed by atoms with Crippen LogP contribution >= 0.6 is 38.5 Å². The van der Waals surface area contributed by atoms with Crippen molar-refractivity contribution in [2.24, 2.45) is 4.99 Å². The standard InChI is InChI=1S/C22H21BrINO4/c1-4-13(3)28-19-9-6-14(11-20(19)27-5-2)10-18-22(26)29-21(25-18)15-7-8-17(24)16(23)12-15/h6-13H,4-5H2,1-3H3/b18-10-. The quantitative estimate of drug-likeness (QED) is 0.234. The minimum atomic E-state index is -0.479. The Balaban J connectivity index is 1.90. The van der Waals surface area contributed by atoms with Crippen LogP contribution in [0.15, 0.2) is 51.6 Å². The van der Waals surface area contributed by atoms with Crippen LogP contribution in [-0.2, 0) is 9.53 Å². The molecular weight excluding hydrogens is 549 g/mol. The van der Waals surface area contributed by atoms with E-state index in [4.69, 9.17) is 14.2 Å². The second kappa shape index (κ2) is 9.75. The molecule has 7 heteroatoms. The normalized spacial score (nSPS) is 15.8. The predicted molar refractivity (Wildman–Crippen MR) is 125 cm³/mol. The molecule has 1 atom stereocenters. The molecule has 3 rings (SSSR count). The number of esters is 1. The molecule has 0 saturated carbocycles. The molecule has 0 fully saturated rings. The van der Waals surface area contributed by atoms with E-state index in [1.54, 1.807) is 6.08 Å². The molecule has 0 spiro atoms. The molecule has 1 aliphatic heterocycles. The zero-order chi connectivity index (χ0) is 21.0. The number of cyclic esters (lactones) is 1. The van der Waals surface area contributed by atoms with Crippen molar-refractivity contribution in [1.29, 1.82) is 0 Å². The Labute approximate surface area is 192 Å². The van der Waals surface area contributed by atoms with E-state index in [0.717, 1.165) is 25.6 Å². The Morgan fingerprint density at radius 3 is 2.69 bits per heavy atom. The lowest BCUT2D eigenvalue weighted by Gasteiger charge is -2.16. The van der Waals surface area contributed by atoms with E-state index in [0.29, 0.717) is 24.0 Å². The van der Waals surface area contributed by atoms with Gasteiger partial charge in [0, 0.05) is 13.6 Å². The van der Waals surface area contributed by atoms with Gasteiger partial charge in [0.25, 0.3) is 0 Å². The first kappa shape index (κ1) is 21.8. The molecule has 0 saturated heterocycles. The van der Waals surface area contributed by atoms with Gasteiger partial charge in [-0.15, -0.1) is 0 Å². The van der Waals surface area contributed by atoms with Crippen molar-refractivity contribution >= 4 is 56.5 Å². The molecule has 0 bridgehead atoms. The molecule has 2 aromatic rings. The fraction of sp³-hybridized carbons (Fsp3) is 0.273. The SMILES string of the molecule is CCOc1cc(/C=C2\N=C(c3ccc(I)c(Br)c3)OC2=O)ccc1OC(C)CC. The number of carbonyl (C=O) groups excluding carboxylic acids is 1. The molecule has 0 N–H and O–H groups in total. The van der Waals surface area contributed by atoms with Crippen LogP contribution in [-0.4, -0.2) is 24.6 Å². The van der Waals surface area contributed by atoms with Crippen molar-refractivity contribution in [2.45, 2.75) is 33.3 Å². The van der Waals surface area contributed by atoms with Crippen molar-refractivity contribution in [2.75, 3.05) is 6.61 Å². The van der Waals surface area contributed by atoms with E-state index in [9.17, 15) is 4.79 Å². The number of nitrogens with zero attached hydrogens (tertiary/aromatic N) is 1. The monoisotopic (exact) mass is 569 g/mol. The van der Waals surface area contributed by atoms with Crippen LogP contribution < -0.4 is 9.47 Å². The second-order valence-corrected chi connectivity index (χ2v) is 8.46. The molecule has 0 amide bonds. The van der Waals surface area contributed by atoms with Crippen molar-refractivity contribution in [1.82, 2.24) is 0 Å². The van der Waals surface area contributed by atoms with Gasteiger partial charge in [-0.05, 0) is 101 Å². The number of rotatable bonds is 7. The van der Waals surface area contributed by atoms with Crippen LogP contribution in [0.5, 0.6) is 11.5 Å². The Morgan fingerprint density at radius 1 is 1.21 bits per heavy atom. The average Bonchev–Trinajstić information content (AvgIpc) is 3.06. The maximum Gasteiger partial charge on any atom is 0.363 e. The molecule has 5 nitrogen and oxygen atoms in total. The third-order valence-electron chi connectivity index (χ3n) is 4.26. The smallest absolute Gasteiger partial charge is 0.363 e. The maximum absolute atomic E-state index is 12.3. The van der Waals surface area contributed by atoms with Crippen molar-refractivity contribution in [3.8, 4) is 11.5 Å². The first-order valence-electron chi connectivity index (χ1n) is 9.32. The largest absolute Gasteiger partial charge is 0.490 e. The summed E-state index contributed by atoms with van der Waals surface area (Å²) in [4.78, 5) is 16.7. The van der Waals surface area contributed by atoms with Crippen LogP contribution in [0.2, 0.25) is 0 Å². The molecule has 1 aliphatic rings. The zero-order valence-corrected chi connectivity index (χ0v) is 20.1. The number of hydrogen-bond acceptors (Lipinski definition) is 5. The Hall–Kier alpha value is -1.87. The first-order chi connectivity index (χ1) is 13.9. The molecule has 1 unspecified atom stereocenters. The van der Waals surface area contributed by atoms with Gasteiger partial charge < -0.3 is 14.2 Å². The average molecular weight is 570 g/mol. The Bertz CT molecular complexity index is 987. The third kappa shape index (κ3) is 5.39. The van der Waals surface area contributed by atoms with E-state index in [1.807, 2.05) is 50.2 Å². The van der Waals surface area contributed by atoms with Crippen LogP contribution in [0, 0.1) is 3.57 Å². The summed E-state index contributed by atoms with van der Waals surface area (Å²) in [7, 11) is 0. The van der Waals surface area contributed by atoms with E-state index in [1.165, 1.54) is 0 Å². The minimum Gasteiger partial charge on any atom is -0.490 e. The van der Waals surface area contributed by atoms with Crippen molar-refractivity contribution < 1.29 is 19.0 Å². The summed E-state index contributed by atoms with van der Waals surface area (Å²) in [5, 5.41) is 0. The fourth-order valence-corrected chi connectivity index (χ4v) is 3.31. The first-order valence-corrected chi connectivity index (χ1v) is 11.2. The fourth-order valence-electron chi connectivity index (χ4n) is 2.60. The van der Waals surface area contributed by atoms with Gasteiger partial charge in [-0.3, -0.25) is 0 Å². The summed E-state index contributed by atoms with van der Waals surface area (Å²) in [5.41, 5.74) is 1.76. The molecule has 2 aromatic carbocycles. The lowest BCUT2D eigenvalue weighted by molar-refractivity contribution is -0.129. The molecule has 0 aromatic heterocycles. The summed E-state index contributed by atoms with van der Waals surface area (Å²) in [6.45, 7) is 6.52. The third-order valence-corrected chi connectivity index (χ3v) is 6.60. The molecule has 0 radical (unpaired) electrons. The molecule has 29 heavy (non-hydrogen) atoms. The van der Waals surface area contributed by atoms with Crippen LogP contribution in [0.3, 0.4) is 0 Å². The zero-order valence-electron chi connectivity index (χ0n) is 16.4. The van der Waals surface area contributed by atoms with Crippen molar-refractivity contribution in [3.63, 3.8) is 0 Å². The van der Waals surface area contributed by atoms with Gasteiger partial charge in [-0.1, -0.05) is 13.0 Å². The minimum absolute atomic E-state index is 0.0867. The van der Waals surface area contributed by atoms with Crippen LogP contribution in [0.25, 0.3) is 6.08 Å². The predicted octanol–water partition coefficient (Wildman–Crippen LogP) is 5.97. The summed E-state index contributed by atoms with van der Waals surface area (Å²) >= 11 is 5.71. The van der Waals surface area contributed by atoms with E-state index in [2.05, 4.69) is 50.4 Å². The summed E-state index contributed by atoms with van der Waals surface area (Å²) in [6, 6.07) is 11.2. The lowest BCUT2D eigenvalue weighted by atomic mass is 10.1. The van der Waals surface area contributed by atoms with Gasteiger partial charge in [0.05, 0.1) is 12.7 Å². The van der Waals surface area contributed by atoms with Gasteiger partial charge >= 0.3 is 5.97 Å². The second-order valence-electron chi connectivity index (χ2n) is 6.44. The van der Waals surface area contributed by atoms with Gasteiger partial charge in [0.2, 0.25) is 5.90 Å². The summed E-state index contributed by atoms with van der Waals surface area (Å²) in [5.74, 6) is 1.14. The highest BCUT2D eigenvalue weighted by molar-refractivity contribution is 14.1. The number of ether oxygens (including phenoxy) is 3. The highest BCUT2D eigenvalue weighted by Gasteiger charge is 2.24. The molecule has 1 heterocycles. The number of halogens is 2. The number of hydrogen-bond donors (Lipinski definition) is 0. The van der Waals surface area contributed by atoms with Gasteiger partial charge in [0.15, 0.2) is 17.2 Å². The van der Waals surface area contributed by atoms with Crippen LogP contribution in [0.4, 0.5) is 0 Å². The van der Waals surface area contributed by atoms with Gasteiger partial charge in [-0.2, -0.15) is 0 Å².